The minimum atomic E-state index is -1.36. The summed E-state index contributed by atoms with van der Waals surface area (Å²) in [5.74, 6) is -0.0420. The summed E-state index contributed by atoms with van der Waals surface area (Å²) in [6.07, 6.45) is 4.27. The van der Waals surface area contributed by atoms with Gasteiger partial charge in [0, 0.05) is 5.41 Å². The Balaban J connectivity index is 1.46. The Morgan fingerprint density at radius 2 is 1.44 bits per heavy atom. The predicted octanol–water partition coefficient (Wildman–Crippen LogP) is 4.01. The number of carbonyl (C=O) groups is 1. The molecule has 5 rings (SSSR count). The molecule has 4 saturated carbocycles. The maximum absolute atomic E-state index is 13.2. The summed E-state index contributed by atoms with van der Waals surface area (Å²) in [5.41, 5.74) is -3.65. The van der Waals surface area contributed by atoms with Gasteiger partial charge in [0.25, 0.3) is 0 Å². The number of hydrogen-bond acceptors (Lipinski definition) is 6. The van der Waals surface area contributed by atoms with Crippen molar-refractivity contribution < 1.29 is 30.0 Å². The van der Waals surface area contributed by atoms with Gasteiger partial charge in [-0.1, -0.05) is 34.6 Å². The monoisotopic (exact) mass is 506 g/mol. The van der Waals surface area contributed by atoms with Crippen molar-refractivity contribution in [2.75, 3.05) is 0 Å². The standard InChI is InChI=1S/C30H50O6/c1-17(2)30(35)15-14-26(5)16-29(34,13-10-18(26)30)20-9-8-19-27(20,6)12-11-21-28(19,7)24(33)22(31)23(32)25(3,4)36-21/h17-21,23-24,32-35H,8-16H2,1-7H3/t18-,19-,20-,21-,23-,24-,26+,27+,28-,29+,30+/m1/s1. The number of ether oxygens (including phenoxy) is 1. The maximum Gasteiger partial charge on any atom is 0.193 e. The first-order chi connectivity index (χ1) is 16.5. The average molecular weight is 507 g/mol. The Bertz CT molecular complexity index is 917. The lowest BCUT2D eigenvalue weighted by atomic mass is 9.48. The molecule has 6 nitrogen and oxygen atoms in total. The van der Waals surface area contributed by atoms with Crippen LogP contribution >= 0.6 is 0 Å². The molecule has 0 amide bonds. The van der Waals surface area contributed by atoms with Gasteiger partial charge in [-0.2, -0.15) is 0 Å². The van der Waals surface area contributed by atoms with Crippen LogP contribution in [0.4, 0.5) is 0 Å². The van der Waals surface area contributed by atoms with Crippen LogP contribution in [0.15, 0.2) is 0 Å². The van der Waals surface area contributed by atoms with Gasteiger partial charge >= 0.3 is 0 Å². The van der Waals surface area contributed by atoms with Crippen LogP contribution in [0.5, 0.6) is 0 Å². The number of hydrogen-bond donors (Lipinski definition) is 4. The predicted molar refractivity (Wildman–Crippen MR) is 137 cm³/mol. The van der Waals surface area contributed by atoms with Gasteiger partial charge in [-0.25, -0.2) is 0 Å². The number of aliphatic hydroxyl groups excluding tert-OH is 2. The Hall–Kier alpha value is -0.530. The lowest BCUT2D eigenvalue weighted by molar-refractivity contribution is -0.218. The van der Waals surface area contributed by atoms with E-state index in [0.717, 1.165) is 38.5 Å². The molecule has 0 aromatic heterocycles. The zero-order chi connectivity index (χ0) is 26.7. The molecule has 0 radical (unpaired) electrons. The summed E-state index contributed by atoms with van der Waals surface area (Å²) in [7, 11) is 0. The van der Waals surface area contributed by atoms with E-state index in [-0.39, 0.29) is 40.6 Å². The molecule has 36 heavy (non-hydrogen) atoms. The molecule has 206 valence electrons. The van der Waals surface area contributed by atoms with Crippen molar-refractivity contribution >= 4 is 5.78 Å². The van der Waals surface area contributed by atoms with Crippen molar-refractivity contribution in [1.29, 1.82) is 0 Å². The van der Waals surface area contributed by atoms with E-state index in [1.165, 1.54) is 0 Å². The van der Waals surface area contributed by atoms with Crippen LogP contribution in [-0.2, 0) is 9.53 Å². The second kappa shape index (κ2) is 8.00. The van der Waals surface area contributed by atoms with Gasteiger partial charge in [0.05, 0.1) is 22.9 Å². The van der Waals surface area contributed by atoms with E-state index in [2.05, 4.69) is 27.7 Å². The maximum atomic E-state index is 13.2. The van der Waals surface area contributed by atoms with Gasteiger partial charge in [0.1, 0.15) is 12.2 Å². The SMILES string of the molecule is CC(C)[C@@]1(O)CC[C@@]2(C)C[C@](O)([C@@H]3CC[C@@H]4[C@]3(C)CC[C@H]3OC(C)(C)[C@H](O)C(=O)[C@@H](O)[C@]43C)CC[C@H]21. The first-order valence-corrected chi connectivity index (χ1v) is 14.5. The van der Waals surface area contributed by atoms with Crippen LogP contribution in [0.2, 0.25) is 0 Å². The van der Waals surface area contributed by atoms with Crippen LogP contribution in [0.1, 0.15) is 106 Å². The summed E-state index contributed by atoms with van der Waals surface area (Å²) >= 11 is 0. The van der Waals surface area contributed by atoms with E-state index in [1.54, 1.807) is 13.8 Å². The lowest BCUT2D eigenvalue weighted by Gasteiger charge is -2.59. The van der Waals surface area contributed by atoms with Crippen LogP contribution in [0.3, 0.4) is 0 Å². The fraction of sp³-hybridized carbons (Fsp3) is 0.967. The number of Topliss-reactive ketones (excluding diaryl/α,β-unsaturated/α-hetero) is 1. The van der Waals surface area contributed by atoms with Gasteiger partial charge in [0.2, 0.25) is 0 Å². The highest BCUT2D eigenvalue weighted by Gasteiger charge is 2.70. The molecule has 11 atom stereocenters. The van der Waals surface area contributed by atoms with Crippen LogP contribution in [0.25, 0.3) is 0 Å². The van der Waals surface area contributed by atoms with E-state index in [9.17, 15) is 25.2 Å². The zero-order valence-electron chi connectivity index (χ0n) is 23.5. The normalized spacial score (nSPS) is 56.7. The number of ketones is 1. The molecule has 1 aliphatic heterocycles. The second-order valence-electron chi connectivity index (χ2n) is 15.2. The van der Waals surface area contributed by atoms with E-state index >= 15 is 0 Å². The van der Waals surface area contributed by atoms with E-state index < -0.39 is 40.2 Å². The van der Waals surface area contributed by atoms with Crippen molar-refractivity contribution in [3.63, 3.8) is 0 Å². The van der Waals surface area contributed by atoms with E-state index in [0.29, 0.717) is 19.3 Å². The van der Waals surface area contributed by atoms with Gasteiger partial charge in [0.15, 0.2) is 5.78 Å². The molecule has 5 aliphatic rings. The van der Waals surface area contributed by atoms with E-state index in [4.69, 9.17) is 4.74 Å². The van der Waals surface area contributed by atoms with Gasteiger partial charge in [-0.15, -0.1) is 0 Å². The topological polar surface area (TPSA) is 107 Å². The molecule has 0 bridgehead atoms. The molecule has 0 spiro atoms. The smallest absolute Gasteiger partial charge is 0.193 e. The molecule has 4 N–H and O–H groups in total. The average Bonchev–Trinajstić information content (AvgIpc) is 3.28. The summed E-state index contributed by atoms with van der Waals surface area (Å²) in [6, 6.07) is 0. The van der Waals surface area contributed by atoms with Crippen molar-refractivity contribution in [3.8, 4) is 0 Å². The summed E-state index contributed by atoms with van der Waals surface area (Å²) < 4.78 is 6.41. The zero-order valence-corrected chi connectivity index (χ0v) is 23.5. The van der Waals surface area contributed by atoms with Gasteiger partial charge in [-0.3, -0.25) is 4.79 Å². The highest BCUT2D eigenvalue weighted by molar-refractivity contribution is 5.89. The third-order valence-corrected chi connectivity index (χ3v) is 12.7. The quantitative estimate of drug-likeness (QED) is 0.451. The molecule has 0 aromatic rings. The molecule has 5 fully saturated rings. The second-order valence-corrected chi connectivity index (χ2v) is 15.2. The largest absolute Gasteiger partial charge is 0.390 e. The van der Waals surface area contributed by atoms with Gasteiger partial charge < -0.3 is 25.2 Å². The summed E-state index contributed by atoms with van der Waals surface area (Å²) in [5, 5.41) is 46.1. The number of aliphatic hydroxyl groups is 4. The minimum absolute atomic E-state index is 0.0135. The molecular weight excluding hydrogens is 456 g/mol. The van der Waals surface area contributed by atoms with Crippen LogP contribution < -0.4 is 0 Å². The molecule has 1 heterocycles. The first kappa shape index (κ1) is 27.1. The fourth-order valence-corrected chi connectivity index (χ4v) is 10.7. The van der Waals surface area contributed by atoms with Crippen molar-refractivity contribution in [3.05, 3.63) is 0 Å². The highest BCUT2D eigenvalue weighted by Crippen LogP contribution is 2.70. The van der Waals surface area contributed by atoms with Crippen LogP contribution in [-0.4, -0.2) is 61.3 Å². The fourth-order valence-electron chi connectivity index (χ4n) is 10.7. The Morgan fingerprint density at radius 1 is 0.806 bits per heavy atom. The number of rotatable bonds is 2. The Labute approximate surface area is 217 Å². The van der Waals surface area contributed by atoms with Gasteiger partial charge in [-0.05, 0) is 106 Å². The summed E-state index contributed by atoms with van der Waals surface area (Å²) in [4.78, 5) is 13.2. The molecule has 4 aliphatic carbocycles. The molecule has 6 heteroatoms. The van der Waals surface area contributed by atoms with Crippen molar-refractivity contribution in [2.24, 2.45) is 39.9 Å². The number of carbonyl (C=O) groups excluding carboxylic acids is 1. The van der Waals surface area contributed by atoms with Crippen molar-refractivity contribution in [2.45, 2.75) is 141 Å². The molecule has 0 aromatic carbocycles. The molecule has 0 unspecified atom stereocenters. The Morgan fingerprint density at radius 3 is 2.08 bits per heavy atom. The first-order valence-electron chi connectivity index (χ1n) is 14.5. The highest BCUT2D eigenvalue weighted by atomic mass is 16.5. The minimum Gasteiger partial charge on any atom is -0.390 e. The van der Waals surface area contributed by atoms with Crippen molar-refractivity contribution in [1.82, 2.24) is 0 Å². The van der Waals surface area contributed by atoms with E-state index in [1.807, 2.05) is 6.92 Å². The molecule has 1 saturated heterocycles. The van der Waals surface area contributed by atoms with Crippen LogP contribution in [0, 0.1) is 39.9 Å². The third-order valence-electron chi connectivity index (χ3n) is 12.7. The summed E-state index contributed by atoms with van der Waals surface area (Å²) in [6.45, 7) is 14.2. The lowest BCUT2D eigenvalue weighted by Crippen LogP contribution is -2.61. The Kier molecular flexibility index (Phi) is 6.01. The number of fused-ring (bicyclic) bond motifs is 4. The molecular formula is C30H50O6. The third kappa shape index (κ3) is 3.36.